The van der Waals surface area contributed by atoms with Crippen molar-refractivity contribution in [3.8, 4) is 0 Å². The molecule has 0 aliphatic rings. The first-order valence-electron chi connectivity index (χ1n) is 7.21. The molecule has 0 unspecified atom stereocenters. The standard InChI is InChI=1S/C16H17N5OS/c1-12-4-6-13(7-5-12)10-20(2)14(22)11-23-16-18-15-17-8-3-9-21(15)19-16/h3-9H,10-11H2,1-2H3. The first kappa shape index (κ1) is 15.5. The molecule has 0 bridgehead atoms. The zero-order chi connectivity index (χ0) is 16.2. The van der Waals surface area contributed by atoms with E-state index in [4.69, 9.17) is 0 Å². The molecule has 0 aliphatic heterocycles. The maximum atomic E-state index is 12.2. The second kappa shape index (κ2) is 6.78. The summed E-state index contributed by atoms with van der Waals surface area (Å²) < 4.78 is 1.60. The minimum absolute atomic E-state index is 0.0439. The van der Waals surface area contributed by atoms with Gasteiger partial charge in [-0.1, -0.05) is 41.6 Å². The van der Waals surface area contributed by atoms with Crippen LogP contribution in [0.25, 0.3) is 5.78 Å². The van der Waals surface area contributed by atoms with Gasteiger partial charge >= 0.3 is 0 Å². The Morgan fingerprint density at radius 1 is 1.30 bits per heavy atom. The summed E-state index contributed by atoms with van der Waals surface area (Å²) in [6, 6.07) is 9.98. The van der Waals surface area contributed by atoms with E-state index in [0.717, 1.165) is 5.56 Å². The number of fused-ring (bicyclic) bond motifs is 1. The predicted molar refractivity (Wildman–Crippen MR) is 89.2 cm³/mol. The lowest BCUT2D eigenvalue weighted by Gasteiger charge is -2.16. The van der Waals surface area contributed by atoms with Gasteiger partial charge in [0.05, 0.1) is 5.75 Å². The van der Waals surface area contributed by atoms with Gasteiger partial charge in [0.2, 0.25) is 11.1 Å². The molecule has 0 saturated heterocycles. The molecule has 6 nitrogen and oxygen atoms in total. The largest absolute Gasteiger partial charge is 0.341 e. The normalized spacial score (nSPS) is 10.9. The predicted octanol–water partition coefficient (Wildman–Crippen LogP) is 2.18. The number of hydrogen-bond donors (Lipinski definition) is 0. The van der Waals surface area contributed by atoms with Crippen LogP contribution in [0.5, 0.6) is 0 Å². The molecule has 7 heteroatoms. The van der Waals surface area contributed by atoms with Gasteiger partial charge in [0.1, 0.15) is 0 Å². The molecule has 2 heterocycles. The molecular formula is C16H17N5OS. The smallest absolute Gasteiger partial charge is 0.253 e. The fourth-order valence-electron chi connectivity index (χ4n) is 2.07. The number of nitrogens with zero attached hydrogens (tertiary/aromatic N) is 5. The highest BCUT2D eigenvalue weighted by atomic mass is 32.2. The highest BCUT2D eigenvalue weighted by molar-refractivity contribution is 7.99. The van der Waals surface area contributed by atoms with Crippen molar-refractivity contribution in [3.63, 3.8) is 0 Å². The van der Waals surface area contributed by atoms with Gasteiger partial charge in [0.25, 0.3) is 5.78 Å². The van der Waals surface area contributed by atoms with Crippen LogP contribution in [0.1, 0.15) is 11.1 Å². The first-order valence-corrected chi connectivity index (χ1v) is 8.20. The highest BCUT2D eigenvalue weighted by Gasteiger charge is 2.12. The topological polar surface area (TPSA) is 63.4 Å². The van der Waals surface area contributed by atoms with E-state index in [1.807, 2.05) is 19.1 Å². The van der Waals surface area contributed by atoms with E-state index in [-0.39, 0.29) is 5.91 Å². The molecule has 3 rings (SSSR count). The average Bonchev–Trinajstić information content (AvgIpc) is 2.97. The van der Waals surface area contributed by atoms with Gasteiger partial charge in [-0.05, 0) is 18.6 Å². The third-order valence-electron chi connectivity index (χ3n) is 3.39. The SMILES string of the molecule is Cc1ccc(CN(C)C(=O)CSc2nc3ncccn3n2)cc1. The molecule has 23 heavy (non-hydrogen) atoms. The summed E-state index contributed by atoms with van der Waals surface area (Å²) in [5, 5.41) is 4.83. The summed E-state index contributed by atoms with van der Waals surface area (Å²) in [6.07, 6.45) is 3.45. The quantitative estimate of drug-likeness (QED) is 0.672. The third-order valence-corrected chi connectivity index (χ3v) is 4.21. The van der Waals surface area contributed by atoms with E-state index in [1.54, 1.807) is 34.9 Å². The Morgan fingerprint density at radius 2 is 2.09 bits per heavy atom. The van der Waals surface area contributed by atoms with Crippen LogP contribution in [-0.4, -0.2) is 43.2 Å². The summed E-state index contributed by atoms with van der Waals surface area (Å²) in [6.45, 7) is 2.64. The number of amides is 1. The maximum absolute atomic E-state index is 12.2. The van der Waals surface area contributed by atoms with E-state index >= 15 is 0 Å². The van der Waals surface area contributed by atoms with Crippen molar-refractivity contribution >= 4 is 23.4 Å². The van der Waals surface area contributed by atoms with Gasteiger partial charge in [0, 0.05) is 26.0 Å². The monoisotopic (exact) mass is 327 g/mol. The van der Waals surface area contributed by atoms with Crippen molar-refractivity contribution < 1.29 is 4.79 Å². The van der Waals surface area contributed by atoms with Crippen molar-refractivity contribution in [1.82, 2.24) is 24.5 Å². The van der Waals surface area contributed by atoms with Gasteiger partial charge in [-0.15, -0.1) is 5.10 Å². The molecule has 0 radical (unpaired) electrons. The fraction of sp³-hybridized carbons (Fsp3) is 0.250. The number of hydrogen-bond acceptors (Lipinski definition) is 5. The summed E-state index contributed by atoms with van der Waals surface area (Å²) >= 11 is 1.32. The van der Waals surface area contributed by atoms with Crippen LogP contribution in [-0.2, 0) is 11.3 Å². The first-order chi connectivity index (χ1) is 11.1. The molecule has 118 valence electrons. The summed E-state index contributed by atoms with van der Waals surface area (Å²) in [5.41, 5.74) is 2.33. The lowest BCUT2D eigenvalue weighted by molar-refractivity contribution is -0.127. The lowest BCUT2D eigenvalue weighted by Crippen LogP contribution is -2.27. The van der Waals surface area contributed by atoms with Crippen LogP contribution in [0.2, 0.25) is 0 Å². The molecule has 1 amide bonds. The molecule has 1 aromatic carbocycles. The van der Waals surface area contributed by atoms with Crippen LogP contribution in [0.3, 0.4) is 0 Å². The Morgan fingerprint density at radius 3 is 2.83 bits per heavy atom. The minimum atomic E-state index is 0.0439. The van der Waals surface area contributed by atoms with E-state index in [0.29, 0.717) is 23.2 Å². The van der Waals surface area contributed by atoms with E-state index in [1.165, 1.54) is 17.3 Å². The molecule has 0 atom stereocenters. The Bertz CT molecular complexity index is 782. The number of aromatic nitrogens is 4. The van der Waals surface area contributed by atoms with E-state index < -0.39 is 0 Å². The molecule has 0 aliphatic carbocycles. The second-order valence-electron chi connectivity index (χ2n) is 5.28. The Balaban J connectivity index is 1.56. The van der Waals surface area contributed by atoms with Crippen molar-refractivity contribution in [1.29, 1.82) is 0 Å². The molecule has 0 saturated carbocycles. The molecule has 3 aromatic rings. The molecule has 0 spiro atoms. The number of aryl methyl sites for hydroxylation is 1. The Hall–Kier alpha value is -2.41. The Labute approximate surface area is 138 Å². The summed E-state index contributed by atoms with van der Waals surface area (Å²) in [5.74, 6) is 0.886. The number of rotatable bonds is 5. The number of thioether (sulfide) groups is 1. The molecule has 0 N–H and O–H groups in total. The van der Waals surface area contributed by atoms with E-state index in [9.17, 15) is 4.79 Å². The van der Waals surface area contributed by atoms with Gasteiger partial charge in [-0.25, -0.2) is 9.50 Å². The fourth-order valence-corrected chi connectivity index (χ4v) is 2.83. The molecule has 2 aromatic heterocycles. The van der Waals surface area contributed by atoms with E-state index in [2.05, 4.69) is 27.2 Å². The maximum Gasteiger partial charge on any atom is 0.253 e. The van der Waals surface area contributed by atoms with Crippen LogP contribution < -0.4 is 0 Å². The zero-order valence-corrected chi connectivity index (χ0v) is 13.8. The second-order valence-corrected chi connectivity index (χ2v) is 6.23. The number of carbonyl (C=O) groups is 1. The van der Waals surface area contributed by atoms with Crippen LogP contribution in [0.4, 0.5) is 0 Å². The van der Waals surface area contributed by atoms with Crippen molar-refractivity contribution in [2.24, 2.45) is 0 Å². The minimum Gasteiger partial charge on any atom is -0.341 e. The lowest BCUT2D eigenvalue weighted by atomic mass is 10.1. The van der Waals surface area contributed by atoms with Crippen LogP contribution in [0, 0.1) is 6.92 Å². The van der Waals surface area contributed by atoms with Gasteiger partial charge in [-0.2, -0.15) is 4.98 Å². The van der Waals surface area contributed by atoms with Crippen LogP contribution >= 0.6 is 11.8 Å². The molecular weight excluding hydrogens is 310 g/mol. The number of benzene rings is 1. The Kier molecular flexibility index (Phi) is 4.57. The summed E-state index contributed by atoms with van der Waals surface area (Å²) in [7, 11) is 1.81. The van der Waals surface area contributed by atoms with Gasteiger partial charge < -0.3 is 4.90 Å². The van der Waals surface area contributed by atoms with Crippen LogP contribution in [0.15, 0.2) is 47.9 Å². The van der Waals surface area contributed by atoms with Crippen molar-refractivity contribution in [2.45, 2.75) is 18.6 Å². The zero-order valence-electron chi connectivity index (χ0n) is 13.0. The third kappa shape index (κ3) is 3.87. The molecule has 0 fully saturated rings. The highest BCUT2D eigenvalue weighted by Crippen LogP contribution is 2.15. The number of carbonyl (C=O) groups excluding carboxylic acids is 1. The average molecular weight is 327 g/mol. The van der Waals surface area contributed by atoms with Gasteiger partial charge in [-0.3, -0.25) is 4.79 Å². The van der Waals surface area contributed by atoms with Crippen molar-refractivity contribution in [3.05, 3.63) is 53.9 Å². The van der Waals surface area contributed by atoms with Gasteiger partial charge in [0.15, 0.2) is 0 Å². The summed E-state index contributed by atoms with van der Waals surface area (Å²) in [4.78, 5) is 22.3. The van der Waals surface area contributed by atoms with Crippen molar-refractivity contribution in [2.75, 3.05) is 12.8 Å².